The van der Waals surface area contributed by atoms with Gasteiger partial charge in [0, 0.05) is 6.20 Å². The molecular formula is C9H10ClN3. The van der Waals surface area contributed by atoms with Crippen molar-refractivity contribution >= 4 is 17.1 Å². The highest BCUT2D eigenvalue weighted by molar-refractivity contribution is 6.32. The summed E-state index contributed by atoms with van der Waals surface area (Å²) in [5.41, 5.74) is 7.61. The number of hydrogen-bond acceptors (Lipinski definition) is 2. The van der Waals surface area contributed by atoms with E-state index in [0.717, 1.165) is 16.9 Å². The van der Waals surface area contributed by atoms with Crippen LogP contribution in [0.15, 0.2) is 18.3 Å². The molecule has 4 heteroatoms. The Morgan fingerprint density at radius 1 is 1.54 bits per heavy atom. The molecule has 0 aromatic carbocycles. The molecule has 0 saturated heterocycles. The second-order valence-electron chi connectivity index (χ2n) is 2.98. The van der Waals surface area contributed by atoms with Crippen molar-refractivity contribution in [2.75, 3.05) is 0 Å². The van der Waals surface area contributed by atoms with Crippen LogP contribution < -0.4 is 5.73 Å². The fourth-order valence-electron chi connectivity index (χ4n) is 1.36. The zero-order valence-electron chi connectivity index (χ0n) is 7.29. The fraction of sp³-hybridized carbons (Fsp3) is 0.222. The van der Waals surface area contributed by atoms with Crippen LogP contribution in [0.25, 0.3) is 5.52 Å². The number of hydrogen-bond donors (Lipinski definition) is 1. The van der Waals surface area contributed by atoms with Crippen molar-refractivity contribution in [1.82, 2.24) is 9.38 Å². The zero-order valence-corrected chi connectivity index (χ0v) is 8.04. The van der Waals surface area contributed by atoms with Crippen molar-refractivity contribution in [3.05, 3.63) is 34.9 Å². The molecule has 0 fully saturated rings. The van der Waals surface area contributed by atoms with Crippen LogP contribution in [0, 0.1) is 6.92 Å². The van der Waals surface area contributed by atoms with Gasteiger partial charge in [0.2, 0.25) is 0 Å². The quantitative estimate of drug-likeness (QED) is 0.754. The van der Waals surface area contributed by atoms with E-state index in [2.05, 4.69) is 4.98 Å². The summed E-state index contributed by atoms with van der Waals surface area (Å²) in [7, 11) is 0. The van der Waals surface area contributed by atoms with Gasteiger partial charge < -0.3 is 10.1 Å². The minimum absolute atomic E-state index is 0.400. The third-order valence-electron chi connectivity index (χ3n) is 2.00. The first-order valence-electron chi connectivity index (χ1n) is 4.05. The lowest BCUT2D eigenvalue weighted by Crippen LogP contribution is -2.02. The number of imidazole rings is 1. The molecule has 2 aromatic heterocycles. The molecule has 2 rings (SSSR count). The molecule has 0 amide bonds. The van der Waals surface area contributed by atoms with Crippen molar-refractivity contribution in [2.45, 2.75) is 13.5 Å². The maximum atomic E-state index is 5.92. The minimum Gasteiger partial charge on any atom is -0.324 e. The maximum absolute atomic E-state index is 5.92. The summed E-state index contributed by atoms with van der Waals surface area (Å²) < 4.78 is 1.93. The molecule has 13 heavy (non-hydrogen) atoms. The monoisotopic (exact) mass is 195 g/mol. The van der Waals surface area contributed by atoms with E-state index >= 15 is 0 Å². The van der Waals surface area contributed by atoms with Gasteiger partial charge >= 0.3 is 0 Å². The Balaban J connectivity index is 2.81. The molecule has 68 valence electrons. The normalized spacial score (nSPS) is 11.0. The lowest BCUT2D eigenvalue weighted by atomic mass is 10.3. The second kappa shape index (κ2) is 3.01. The van der Waals surface area contributed by atoms with Gasteiger partial charge in [0.05, 0.1) is 12.1 Å². The Labute approximate surface area is 81.1 Å². The number of fused-ring (bicyclic) bond motifs is 1. The summed E-state index contributed by atoms with van der Waals surface area (Å²) in [5.74, 6) is 0.795. The van der Waals surface area contributed by atoms with Crippen LogP contribution in [0.2, 0.25) is 5.15 Å². The SMILES string of the molecule is Cc1ccc2c(Cl)nc(CN)n2c1. The highest BCUT2D eigenvalue weighted by atomic mass is 35.5. The smallest absolute Gasteiger partial charge is 0.155 e. The molecule has 0 unspecified atom stereocenters. The van der Waals surface area contributed by atoms with Crippen molar-refractivity contribution in [1.29, 1.82) is 0 Å². The van der Waals surface area contributed by atoms with Crippen LogP contribution in [0.4, 0.5) is 0 Å². The van der Waals surface area contributed by atoms with E-state index in [-0.39, 0.29) is 0 Å². The van der Waals surface area contributed by atoms with Gasteiger partial charge in [-0.15, -0.1) is 0 Å². The van der Waals surface area contributed by atoms with E-state index in [1.807, 2.05) is 29.7 Å². The van der Waals surface area contributed by atoms with Gasteiger partial charge in [-0.25, -0.2) is 4.98 Å². The predicted molar refractivity (Wildman–Crippen MR) is 52.8 cm³/mol. The molecule has 0 spiro atoms. The molecule has 2 heterocycles. The van der Waals surface area contributed by atoms with Crippen LogP contribution in [0.1, 0.15) is 11.4 Å². The van der Waals surface area contributed by atoms with Gasteiger partial charge in [0.15, 0.2) is 5.15 Å². The van der Waals surface area contributed by atoms with Gasteiger partial charge in [0.1, 0.15) is 5.82 Å². The average molecular weight is 196 g/mol. The van der Waals surface area contributed by atoms with E-state index in [9.17, 15) is 0 Å². The van der Waals surface area contributed by atoms with Crippen LogP contribution in [-0.4, -0.2) is 9.38 Å². The second-order valence-corrected chi connectivity index (χ2v) is 3.34. The third kappa shape index (κ3) is 1.30. The lowest BCUT2D eigenvalue weighted by Gasteiger charge is -1.98. The number of nitrogens with two attached hydrogens (primary N) is 1. The summed E-state index contributed by atoms with van der Waals surface area (Å²) in [6.45, 7) is 2.42. The van der Waals surface area contributed by atoms with E-state index < -0.39 is 0 Å². The number of aromatic nitrogens is 2. The Kier molecular flexibility index (Phi) is 1.98. The van der Waals surface area contributed by atoms with E-state index in [1.54, 1.807) is 0 Å². The predicted octanol–water partition coefficient (Wildman–Crippen LogP) is 1.75. The molecule has 2 N–H and O–H groups in total. The van der Waals surface area contributed by atoms with Crippen LogP contribution in [-0.2, 0) is 6.54 Å². The molecular weight excluding hydrogens is 186 g/mol. The first-order chi connectivity index (χ1) is 6.22. The number of pyridine rings is 1. The van der Waals surface area contributed by atoms with Crippen molar-refractivity contribution in [2.24, 2.45) is 5.73 Å². The summed E-state index contributed by atoms with van der Waals surface area (Å²) in [4.78, 5) is 4.15. The van der Waals surface area contributed by atoms with Crippen molar-refractivity contribution in [3.8, 4) is 0 Å². The molecule has 0 aliphatic rings. The first-order valence-corrected chi connectivity index (χ1v) is 4.43. The Bertz CT molecular complexity index is 447. The number of rotatable bonds is 1. The fourth-order valence-corrected chi connectivity index (χ4v) is 1.61. The average Bonchev–Trinajstić information content (AvgIpc) is 2.42. The van der Waals surface area contributed by atoms with Crippen molar-refractivity contribution < 1.29 is 0 Å². The van der Waals surface area contributed by atoms with Crippen molar-refractivity contribution in [3.63, 3.8) is 0 Å². The standard InChI is InChI=1S/C9H10ClN3/c1-6-2-3-7-9(10)12-8(4-11)13(7)5-6/h2-3,5H,4,11H2,1H3. The number of nitrogens with zero attached hydrogens (tertiary/aromatic N) is 2. The summed E-state index contributed by atoms with van der Waals surface area (Å²) in [6.07, 6.45) is 1.98. The molecule has 0 saturated carbocycles. The zero-order chi connectivity index (χ0) is 9.42. The largest absolute Gasteiger partial charge is 0.324 e. The highest BCUT2D eigenvalue weighted by Crippen LogP contribution is 2.18. The van der Waals surface area contributed by atoms with Gasteiger partial charge in [0.25, 0.3) is 0 Å². The topological polar surface area (TPSA) is 43.3 Å². The Morgan fingerprint density at radius 3 is 3.00 bits per heavy atom. The molecule has 0 radical (unpaired) electrons. The maximum Gasteiger partial charge on any atom is 0.155 e. The molecule has 0 atom stereocenters. The Hall–Kier alpha value is -1.06. The summed E-state index contributed by atoms with van der Waals surface area (Å²) >= 11 is 5.92. The van der Waals surface area contributed by atoms with Gasteiger partial charge in [-0.3, -0.25) is 0 Å². The van der Waals surface area contributed by atoms with Crippen LogP contribution >= 0.6 is 11.6 Å². The molecule has 3 nitrogen and oxygen atoms in total. The minimum atomic E-state index is 0.400. The summed E-state index contributed by atoms with van der Waals surface area (Å²) in [5, 5.41) is 0.514. The Morgan fingerprint density at radius 2 is 2.31 bits per heavy atom. The molecule has 0 aliphatic carbocycles. The van der Waals surface area contributed by atoms with E-state index in [4.69, 9.17) is 17.3 Å². The van der Waals surface area contributed by atoms with Gasteiger partial charge in [-0.2, -0.15) is 0 Å². The van der Waals surface area contributed by atoms with E-state index in [1.165, 1.54) is 0 Å². The summed E-state index contributed by atoms with van der Waals surface area (Å²) in [6, 6.07) is 3.95. The van der Waals surface area contributed by atoms with Gasteiger partial charge in [-0.05, 0) is 18.6 Å². The van der Waals surface area contributed by atoms with Crippen LogP contribution in [0.3, 0.4) is 0 Å². The number of aryl methyl sites for hydroxylation is 1. The van der Waals surface area contributed by atoms with E-state index in [0.29, 0.717) is 11.7 Å². The highest BCUT2D eigenvalue weighted by Gasteiger charge is 2.06. The molecule has 0 aliphatic heterocycles. The first kappa shape index (κ1) is 8.53. The van der Waals surface area contributed by atoms with Gasteiger partial charge in [-0.1, -0.05) is 17.7 Å². The van der Waals surface area contributed by atoms with Crippen LogP contribution in [0.5, 0.6) is 0 Å². The number of halogens is 1. The third-order valence-corrected chi connectivity index (χ3v) is 2.27. The molecule has 2 aromatic rings. The lowest BCUT2D eigenvalue weighted by molar-refractivity contribution is 0.900. The molecule has 0 bridgehead atoms.